The van der Waals surface area contributed by atoms with E-state index in [9.17, 15) is 14.0 Å². The average Bonchev–Trinajstić information content (AvgIpc) is 3.41. The Bertz CT molecular complexity index is 1540. The number of hydrogen-bond acceptors (Lipinski definition) is 8. The number of nitrogens with two attached hydrogens (primary N) is 1. The minimum absolute atomic E-state index is 0.0686. The number of carbonyl (C=O) groups is 2. The van der Waals surface area contributed by atoms with Crippen LogP contribution in [0, 0.1) is 5.82 Å². The van der Waals surface area contributed by atoms with E-state index in [0.717, 1.165) is 0 Å². The largest absolute Gasteiger partial charge is 0.461 e. The summed E-state index contributed by atoms with van der Waals surface area (Å²) in [7, 11) is 3.45. The van der Waals surface area contributed by atoms with E-state index in [1.54, 1.807) is 49.6 Å². The van der Waals surface area contributed by atoms with Gasteiger partial charge in [-0.2, -0.15) is 10.1 Å². The standard InChI is InChI=1S/C26H29FN8O3/c1-14(28)10-29-21-6-5-18(25(37)31-16-8-15-12-34(2)33-23(15)20(27)9-16)24-19(21)11-30-26(32-24)38-13-17-4-7-22(36)35(17)3/h5-6,8-9,11-12,14,17,29H,4,7,10,13,28H2,1-3H3,(H,31,37)/t14-,17+/m0/s1. The molecule has 1 saturated heterocycles. The number of benzene rings is 2. The molecule has 2 aromatic heterocycles. The number of aromatic nitrogens is 4. The molecule has 1 aliphatic rings. The second-order valence-corrected chi connectivity index (χ2v) is 9.59. The number of likely N-dealkylation sites (tertiary alicyclic amines) is 1. The van der Waals surface area contributed by atoms with Gasteiger partial charge in [0.1, 0.15) is 12.1 Å². The molecule has 0 unspecified atom stereocenters. The van der Waals surface area contributed by atoms with Gasteiger partial charge >= 0.3 is 6.01 Å². The fourth-order valence-corrected chi connectivity index (χ4v) is 4.49. The van der Waals surface area contributed by atoms with Crippen molar-refractivity contribution in [3.63, 3.8) is 0 Å². The molecule has 38 heavy (non-hydrogen) atoms. The maximum absolute atomic E-state index is 14.6. The fourth-order valence-electron chi connectivity index (χ4n) is 4.49. The Labute approximate surface area is 218 Å². The summed E-state index contributed by atoms with van der Waals surface area (Å²) >= 11 is 0. The molecule has 0 saturated carbocycles. The van der Waals surface area contributed by atoms with E-state index < -0.39 is 11.7 Å². The van der Waals surface area contributed by atoms with Crippen molar-refractivity contribution in [1.29, 1.82) is 0 Å². The number of rotatable bonds is 8. The number of hydrogen-bond donors (Lipinski definition) is 3. The van der Waals surface area contributed by atoms with Gasteiger partial charge in [0, 0.05) is 67.6 Å². The van der Waals surface area contributed by atoms with Gasteiger partial charge in [-0.15, -0.1) is 0 Å². The van der Waals surface area contributed by atoms with Crippen LogP contribution in [0.5, 0.6) is 6.01 Å². The number of anilines is 2. The van der Waals surface area contributed by atoms with Gasteiger partial charge in [-0.25, -0.2) is 9.37 Å². The Morgan fingerprint density at radius 2 is 2.11 bits per heavy atom. The third-order valence-corrected chi connectivity index (χ3v) is 6.56. The van der Waals surface area contributed by atoms with Gasteiger partial charge < -0.3 is 26.0 Å². The number of nitrogens with zero attached hydrogens (tertiary/aromatic N) is 5. The summed E-state index contributed by atoms with van der Waals surface area (Å²) in [6.45, 7) is 2.62. The Kier molecular flexibility index (Phi) is 6.81. The maximum atomic E-state index is 14.6. The van der Waals surface area contributed by atoms with Crippen molar-refractivity contribution in [1.82, 2.24) is 24.6 Å². The smallest absolute Gasteiger partial charge is 0.317 e. The molecule has 1 aliphatic heterocycles. The zero-order valence-corrected chi connectivity index (χ0v) is 21.4. The summed E-state index contributed by atoms with van der Waals surface area (Å²) in [5.74, 6) is -0.933. The van der Waals surface area contributed by atoms with Gasteiger partial charge in [-0.05, 0) is 37.6 Å². The van der Waals surface area contributed by atoms with E-state index in [1.165, 1.54) is 10.7 Å². The number of aryl methyl sites for hydroxylation is 1. The molecule has 2 aromatic carbocycles. The molecule has 2 atom stereocenters. The summed E-state index contributed by atoms with van der Waals surface area (Å²) in [5.41, 5.74) is 7.76. The minimum Gasteiger partial charge on any atom is -0.461 e. The highest BCUT2D eigenvalue weighted by atomic mass is 19.1. The summed E-state index contributed by atoms with van der Waals surface area (Å²) in [6.07, 6.45) is 4.44. The van der Waals surface area contributed by atoms with Crippen LogP contribution in [-0.4, -0.2) is 68.7 Å². The van der Waals surface area contributed by atoms with Crippen LogP contribution in [0.1, 0.15) is 30.1 Å². The average molecular weight is 521 g/mol. The summed E-state index contributed by atoms with van der Waals surface area (Å²) in [6, 6.07) is 6.21. The van der Waals surface area contributed by atoms with E-state index >= 15 is 0 Å². The van der Waals surface area contributed by atoms with Crippen molar-refractivity contribution in [2.24, 2.45) is 12.8 Å². The molecule has 1 fully saturated rings. The Hall–Kier alpha value is -4.32. The van der Waals surface area contributed by atoms with Crippen LogP contribution in [0.25, 0.3) is 21.8 Å². The van der Waals surface area contributed by atoms with Crippen LogP contribution in [0.3, 0.4) is 0 Å². The summed E-state index contributed by atoms with van der Waals surface area (Å²) in [4.78, 5) is 35.7. The SMILES string of the molecule is C[C@H](N)CNc1ccc(C(=O)Nc2cc(F)c3nn(C)cc3c2)c2nc(OC[C@H]3CCC(=O)N3C)ncc12. The molecule has 11 nitrogen and oxygen atoms in total. The van der Waals surface area contributed by atoms with Gasteiger partial charge in [-0.3, -0.25) is 14.3 Å². The number of halogens is 1. The number of carbonyl (C=O) groups excluding carboxylic acids is 2. The topological polar surface area (TPSA) is 140 Å². The predicted octanol–water partition coefficient (Wildman–Crippen LogP) is 2.67. The normalized spacial score (nSPS) is 16.3. The molecule has 12 heteroatoms. The molecule has 2 amide bonds. The summed E-state index contributed by atoms with van der Waals surface area (Å²) in [5, 5.41) is 11.3. The molecule has 4 aromatic rings. The number of amides is 2. The van der Waals surface area contributed by atoms with Crippen LogP contribution in [0.4, 0.5) is 15.8 Å². The first-order valence-corrected chi connectivity index (χ1v) is 12.3. The van der Waals surface area contributed by atoms with E-state index in [2.05, 4.69) is 25.7 Å². The number of likely N-dealkylation sites (N-methyl/N-ethyl adjacent to an activating group) is 1. The van der Waals surface area contributed by atoms with Crippen LogP contribution >= 0.6 is 0 Å². The quantitative estimate of drug-likeness (QED) is 0.322. The minimum atomic E-state index is -0.535. The van der Waals surface area contributed by atoms with Crippen LogP contribution in [0.2, 0.25) is 0 Å². The lowest BCUT2D eigenvalue weighted by Crippen LogP contribution is -2.33. The van der Waals surface area contributed by atoms with Gasteiger partial charge in [0.05, 0.1) is 17.1 Å². The molecular formula is C26H29FN8O3. The van der Waals surface area contributed by atoms with E-state index in [1.807, 2.05) is 6.92 Å². The van der Waals surface area contributed by atoms with Crippen molar-refractivity contribution in [3.8, 4) is 6.01 Å². The second kappa shape index (κ2) is 10.2. The van der Waals surface area contributed by atoms with E-state index in [-0.39, 0.29) is 41.7 Å². The van der Waals surface area contributed by atoms with E-state index in [0.29, 0.717) is 47.1 Å². The molecule has 5 rings (SSSR count). The molecule has 3 heterocycles. The highest BCUT2D eigenvalue weighted by Crippen LogP contribution is 2.28. The van der Waals surface area contributed by atoms with Crippen molar-refractivity contribution >= 4 is 45.0 Å². The van der Waals surface area contributed by atoms with Crippen molar-refractivity contribution in [3.05, 3.63) is 48.0 Å². The van der Waals surface area contributed by atoms with Gasteiger partial charge in [-0.1, -0.05) is 0 Å². The molecule has 0 bridgehead atoms. The zero-order chi connectivity index (χ0) is 27.0. The van der Waals surface area contributed by atoms with Crippen LogP contribution < -0.4 is 21.1 Å². The lowest BCUT2D eigenvalue weighted by molar-refractivity contribution is -0.127. The second-order valence-electron chi connectivity index (χ2n) is 9.59. The Morgan fingerprint density at radius 3 is 2.84 bits per heavy atom. The summed E-state index contributed by atoms with van der Waals surface area (Å²) < 4.78 is 21.9. The first-order valence-electron chi connectivity index (χ1n) is 12.3. The zero-order valence-electron chi connectivity index (χ0n) is 21.4. The van der Waals surface area contributed by atoms with Crippen molar-refractivity contribution < 1.29 is 18.7 Å². The first-order chi connectivity index (χ1) is 18.2. The lowest BCUT2D eigenvalue weighted by atomic mass is 10.1. The Balaban J connectivity index is 1.46. The third kappa shape index (κ3) is 5.07. The molecule has 0 spiro atoms. The van der Waals surface area contributed by atoms with Gasteiger partial charge in [0.25, 0.3) is 5.91 Å². The third-order valence-electron chi connectivity index (χ3n) is 6.56. The highest BCUT2D eigenvalue weighted by molar-refractivity contribution is 6.14. The van der Waals surface area contributed by atoms with Crippen LogP contribution in [0.15, 0.2) is 36.7 Å². The monoisotopic (exact) mass is 520 g/mol. The highest BCUT2D eigenvalue weighted by Gasteiger charge is 2.28. The number of fused-ring (bicyclic) bond motifs is 2. The van der Waals surface area contributed by atoms with Crippen molar-refractivity contribution in [2.75, 3.05) is 30.8 Å². The van der Waals surface area contributed by atoms with Gasteiger partial charge in [0.15, 0.2) is 5.82 Å². The maximum Gasteiger partial charge on any atom is 0.317 e. The number of ether oxygens (including phenoxy) is 1. The molecule has 0 aliphatic carbocycles. The van der Waals surface area contributed by atoms with Crippen LogP contribution in [-0.2, 0) is 11.8 Å². The van der Waals surface area contributed by atoms with E-state index in [4.69, 9.17) is 10.5 Å². The molecule has 0 radical (unpaired) electrons. The molecule has 4 N–H and O–H groups in total. The van der Waals surface area contributed by atoms with Crippen molar-refractivity contribution in [2.45, 2.75) is 31.8 Å². The Morgan fingerprint density at radius 1 is 1.29 bits per heavy atom. The molecule has 198 valence electrons. The fraction of sp³-hybridized carbons (Fsp3) is 0.346. The van der Waals surface area contributed by atoms with Gasteiger partial charge in [0.2, 0.25) is 5.91 Å². The molecular weight excluding hydrogens is 491 g/mol. The predicted molar refractivity (Wildman–Crippen MR) is 142 cm³/mol. The lowest BCUT2D eigenvalue weighted by Gasteiger charge is -2.19. The first kappa shape index (κ1) is 25.3. The number of nitrogens with one attached hydrogen (secondary N) is 2.